The van der Waals surface area contributed by atoms with Gasteiger partial charge in [-0.25, -0.2) is 15.0 Å². The Labute approximate surface area is 268 Å². The minimum atomic E-state index is -4.44. The maximum atomic E-state index is 12.5. The Morgan fingerprint density at radius 1 is 0.553 bits per heavy atom. The molecule has 0 aliphatic carbocycles. The number of hydrogen-bond donors (Lipinski definition) is 6. The molecule has 16 heteroatoms. The van der Waals surface area contributed by atoms with E-state index in [4.69, 9.17) is 28.8 Å². The zero-order valence-corrected chi connectivity index (χ0v) is 24.8. The highest BCUT2D eigenvalue weighted by Gasteiger charge is 2.30. The van der Waals surface area contributed by atoms with Crippen LogP contribution in [-0.2, 0) is 6.18 Å². The van der Waals surface area contributed by atoms with E-state index in [1.807, 2.05) is 30.3 Å². The molecule has 3 heterocycles. The number of H-pyrrole nitrogens is 3. The van der Waals surface area contributed by atoms with Crippen LogP contribution in [0.4, 0.5) is 30.2 Å². The molecule has 0 atom stereocenters. The summed E-state index contributed by atoms with van der Waals surface area (Å²) in [4.78, 5) is 53.0. The highest BCUT2D eigenvalue weighted by Crippen LogP contribution is 2.31. The number of nitrogens with one attached hydrogen (secondary N) is 3. The van der Waals surface area contributed by atoms with Crippen LogP contribution in [0.2, 0.25) is 5.02 Å². The molecular weight excluding hydrogens is 639 g/mol. The standard InChI is InChI=1S/C11H8F3N3O.C10H8ClN3O.C10H9N3O/c12-11(13,14)7-3-1-2-6(4-7)9-16-5-8(15)10(18)17-9;11-7-3-1-6(2-4-7)9-13-5-8(12)10(15)14-9;11-8-6-12-9(13-10(8)14)7-4-2-1-3-5-7/h1-5H,15H2,(H,16,17,18);1-5H,12H2,(H,13,14,15);1-6H,11H2,(H,12,13,14). The minimum Gasteiger partial charge on any atom is -0.393 e. The second-order valence-electron chi connectivity index (χ2n) is 9.50. The van der Waals surface area contributed by atoms with Gasteiger partial charge >= 0.3 is 6.18 Å². The lowest BCUT2D eigenvalue weighted by Gasteiger charge is -2.08. The van der Waals surface area contributed by atoms with E-state index in [2.05, 4.69) is 29.9 Å². The summed E-state index contributed by atoms with van der Waals surface area (Å²) in [5, 5.41) is 0.636. The summed E-state index contributed by atoms with van der Waals surface area (Å²) in [5.41, 5.74) is 15.9. The van der Waals surface area contributed by atoms with Crippen LogP contribution in [0.1, 0.15) is 5.56 Å². The number of nitrogen functional groups attached to an aromatic ring is 3. The Kier molecular flexibility index (Phi) is 10.5. The van der Waals surface area contributed by atoms with E-state index < -0.39 is 17.3 Å². The molecule has 3 aromatic heterocycles. The summed E-state index contributed by atoms with van der Waals surface area (Å²) in [5.74, 6) is 1.05. The number of benzene rings is 3. The summed E-state index contributed by atoms with van der Waals surface area (Å²) in [6.07, 6.45) is -0.636. The van der Waals surface area contributed by atoms with Gasteiger partial charge in [0.05, 0.1) is 24.2 Å². The number of nitrogens with zero attached hydrogens (tertiary/aromatic N) is 3. The van der Waals surface area contributed by atoms with Crippen molar-refractivity contribution in [2.24, 2.45) is 0 Å². The maximum absolute atomic E-state index is 12.5. The van der Waals surface area contributed by atoms with E-state index in [9.17, 15) is 27.6 Å². The van der Waals surface area contributed by atoms with Gasteiger partial charge in [-0.15, -0.1) is 0 Å². The lowest BCUT2D eigenvalue weighted by Crippen LogP contribution is -2.13. The SMILES string of the molecule is Nc1cnc(-c2ccc(Cl)cc2)[nH]c1=O.Nc1cnc(-c2cccc(C(F)(F)F)c2)[nH]c1=O.Nc1cnc(-c2ccccc2)[nH]c1=O. The van der Waals surface area contributed by atoms with Crippen LogP contribution < -0.4 is 33.9 Å². The first-order valence-electron chi connectivity index (χ1n) is 13.3. The fraction of sp³-hybridized carbons (Fsp3) is 0.0323. The molecule has 6 rings (SSSR count). The van der Waals surface area contributed by atoms with Crippen molar-refractivity contribution in [2.45, 2.75) is 6.18 Å². The Morgan fingerprint density at radius 2 is 0.957 bits per heavy atom. The van der Waals surface area contributed by atoms with E-state index in [1.165, 1.54) is 24.5 Å². The molecule has 0 amide bonds. The molecule has 0 aliphatic rings. The molecule has 0 saturated heterocycles. The number of alkyl halides is 3. The zero-order valence-electron chi connectivity index (χ0n) is 24.0. The van der Waals surface area contributed by atoms with E-state index in [0.29, 0.717) is 16.7 Å². The number of aromatic nitrogens is 6. The molecule has 0 radical (unpaired) electrons. The predicted octanol–water partition coefficient (Wildman–Crippen LogP) is 4.73. The number of hydrogen-bond acceptors (Lipinski definition) is 9. The van der Waals surface area contributed by atoms with E-state index in [-0.39, 0.29) is 39.6 Å². The van der Waals surface area contributed by atoms with Crippen LogP contribution >= 0.6 is 11.6 Å². The molecule has 0 aliphatic heterocycles. The third kappa shape index (κ3) is 9.15. The molecular formula is C31H25ClF3N9O3. The van der Waals surface area contributed by atoms with Crippen molar-refractivity contribution in [3.05, 3.63) is 139 Å². The first-order chi connectivity index (χ1) is 22.3. The summed E-state index contributed by atoms with van der Waals surface area (Å²) in [6.45, 7) is 0. The Bertz CT molecular complexity index is 2150. The third-order valence-electron chi connectivity index (χ3n) is 6.11. The van der Waals surface area contributed by atoms with Crippen molar-refractivity contribution in [3.63, 3.8) is 0 Å². The first kappa shape index (κ1) is 33.7. The molecule has 3 aromatic carbocycles. The van der Waals surface area contributed by atoms with Gasteiger partial charge in [0, 0.05) is 21.7 Å². The van der Waals surface area contributed by atoms with Crippen LogP contribution in [0, 0.1) is 0 Å². The summed E-state index contributed by atoms with van der Waals surface area (Å²) in [6, 6.07) is 20.9. The maximum Gasteiger partial charge on any atom is 0.416 e. The van der Waals surface area contributed by atoms with Crippen molar-refractivity contribution in [3.8, 4) is 34.2 Å². The van der Waals surface area contributed by atoms with Crippen molar-refractivity contribution < 1.29 is 13.2 Å². The van der Waals surface area contributed by atoms with E-state index >= 15 is 0 Å². The van der Waals surface area contributed by atoms with Gasteiger partial charge < -0.3 is 32.2 Å². The van der Waals surface area contributed by atoms with Crippen molar-refractivity contribution in [1.29, 1.82) is 0 Å². The number of halogens is 4. The monoisotopic (exact) mass is 663 g/mol. The third-order valence-corrected chi connectivity index (χ3v) is 6.36. The molecule has 0 saturated carbocycles. The van der Waals surface area contributed by atoms with Gasteiger partial charge in [-0.05, 0) is 36.4 Å². The highest BCUT2D eigenvalue weighted by molar-refractivity contribution is 6.30. The van der Waals surface area contributed by atoms with Gasteiger partial charge in [0.1, 0.15) is 34.5 Å². The smallest absolute Gasteiger partial charge is 0.393 e. The fourth-order valence-electron chi connectivity index (χ4n) is 3.70. The molecule has 6 aromatic rings. The number of nitrogens with two attached hydrogens (primary N) is 3. The van der Waals surface area contributed by atoms with Gasteiger partial charge in [-0.1, -0.05) is 54.1 Å². The quantitative estimate of drug-likeness (QED) is 0.154. The second kappa shape index (κ2) is 14.7. The average molecular weight is 664 g/mol. The van der Waals surface area contributed by atoms with Gasteiger partial charge in [0.15, 0.2) is 0 Å². The lowest BCUT2D eigenvalue weighted by molar-refractivity contribution is -0.137. The number of anilines is 3. The summed E-state index contributed by atoms with van der Waals surface area (Å²) in [7, 11) is 0. The summed E-state index contributed by atoms with van der Waals surface area (Å²) < 4.78 is 37.5. The molecule has 12 nitrogen and oxygen atoms in total. The number of aromatic amines is 3. The normalized spacial score (nSPS) is 10.6. The molecule has 240 valence electrons. The Balaban J connectivity index is 0.000000161. The van der Waals surface area contributed by atoms with Crippen LogP contribution in [0.25, 0.3) is 34.2 Å². The number of rotatable bonds is 3. The molecule has 0 unspecified atom stereocenters. The van der Waals surface area contributed by atoms with Gasteiger partial charge in [0.25, 0.3) is 16.7 Å². The highest BCUT2D eigenvalue weighted by atomic mass is 35.5. The molecule has 9 N–H and O–H groups in total. The lowest BCUT2D eigenvalue weighted by atomic mass is 10.1. The van der Waals surface area contributed by atoms with Gasteiger partial charge in [-0.3, -0.25) is 14.4 Å². The molecule has 47 heavy (non-hydrogen) atoms. The largest absolute Gasteiger partial charge is 0.416 e. The van der Waals surface area contributed by atoms with Crippen LogP contribution in [0.3, 0.4) is 0 Å². The molecule has 0 fully saturated rings. The van der Waals surface area contributed by atoms with Gasteiger partial charge in [-0.2, -0.15) is 13.2 Å². The second-order valence-corrected chi connectivity index (χ2v) is 9.94. The van der Waals surface area contributed by atoms with Crippen molar-refractivity contribution in [1.82, 2.24) is 29.9 Å². The van der Waals surface area contributed by atoms with E-state index in [1.54, 1.807) is 24.3 Å². The Morgan fingerprint density at radius 3 is 1.38 bits per heavy atom. The first-order valence-corrected chi connectivity index (χ1v) is 13.7. The molecule has 0 bridgehead atoms. The Hall–Kier alpha value is -6.22. The topological polar surface area (TPSA) is 215 Å². The van der Waals surface area contributed by atoms with Crippen LogP contribution in [0.5, 0.6) is 0 Å². The predicted molar refractivity (Wildman–Crippen MR) is 174 cm³/mol. The zero-order chi connectivity index (χ0) is 34.1. The minimum absolute atomic E-state index is 0.0419. The van der Waals surface area contributed by atoms with Crippen molar-refractivity contribution in [2.75, 3.05) is 17.2 Å². The molecule has 0 spiro atoms. The van der Waals surface area contributed by atoms with E-state index in [0.717, 1.165) is 29.5 Å². The fourth-order valence-corrected chi connectivity index (χ4v) is 3.83. The van der Waals surface area contributed by atoms with Crippen LogP contribution in [-0.4, -0.2) is 29.9 Å². The van der Waals surface area contributed by atoms with Crippen LogP contribution in [0.15, 0.2) is 112 Å². The van der Waals surface area contributed by atoms with Gasteiger partial charge in [0.2, 0.25) is 0 Å². The summed E-state index contributed by atoms with van der Waals surface area (Å²) >= 11 is 5.74. The van der Waals surface area contributed by atoms with Crippen molar-refractivity contribution >= 4 is 28.7 Å². The average Bonchev–Trinajstić information content (AvgIpc) is 3.06.